The lowest BCUT2D eigenvalue weighted by molar-refractivity contribution is 0.0419. The van der Waals surface area contributed by atoms with Gasteiger partial charge in [0.05, 0.1) is 13.1 Å². The highest BCUT2D eigenvalue weighted by Crippen LogP contribution is 2.19. The minimum absolute atomic E-state index is 0.0158. The van der Waals surface area contributed by atoms with Gasteiger partial charge in [0.2, 0.25) is 0 Å². The molecule has 2 saturated heterocycles. The lowest BCUT2D eigenvalue weighted by atomic mass is 9.99. The molecule has 3 rings (SSSR count). The van der Waals surface area contributed by atoms with Crippen molar-refractivity contribution in [1.82, 2.24) is 10.2 Å². The van der Waals surface area contributed by atoms with Gasteiger partial charge >= 0.3 is 6.03 Å². The average molecular weight is 322 g/mol. The molecule has 0 bridgehead atoms. The van der Waals surface area contributed by atoms with Crippen LogP contribution in [0.15, 0.2) is 24.3 Å². The Morgan fingerprint density at radius 3 is 2.83 bits per heavy atom. The molecule has 1 unspecified atom stereocenters. The second-order valence-corrected chi connectivity index (χ2v) is 6.20. The molecule has 126 valence electrons. The summed E-state index contributed by atoms with van der Waals surface area (Å²) in [5.41, 5.74) is 0. The average Bonchev–Trinajstić information content (AvgIpc) is 2.53. The van der Waals surface area contributed by atoms with Crippen LogP contribution in [0.3, 0.4) is 0 Å². The van der Waals surface area contributed by atoms with E-state index in [-0.39, 0.29) is 18.0 Å². The van der Waals surface area contributed by atoms with Crippen molar-refractivity contribution in [3.8, 4) is 5.75 Å². The number of halogens is 1. The number of hydrogen-bond acceptors (Lipinski definition) is 3. The molecule has 2 heterocycles. The number of rotatable bonds is 5. The number of nitrogens with one attached hydrogen (secondary N) is 1. The number of benzene rings is 1. The van der Waals surface area contributed by atoms with Gasteiger partial charge in [0, 0.05) is 19.8 Å². The first kappa shape index (κ1) is 16.1. The number of nitrogens with zero attached hydrogens (tertiary/aromatic N) is 1. The second kappa shape index (κ2) is 7.64. The molecule has 2 aliphatic heterocycles. The molecule has 0 aromatic heterocycles. The van der Waals surface area contributed by atoms with Crippen LogP contribution >= 0.6 is 0 Å². The van der Waals surface area contributed by atoms with Crippen LogP contribution in [0.5, 0.6) is 5.75 Å². The largest absolute Gasteiger partial charge is 0.487 e. The van der Waals surface area contributed by atoms with Crippen LogP contribution in [0, 0.1) is 11.7 Å². The number of carbonyl (C=O) groups excluding carboxylic acids is 1. The fourth-order valence-corrected chi connectivity index (χ4v) is 2.91. The van der Waals surface area contributed by atoms with E-state index in [9.17, 15) is 9.18 Å². The molecule has 1 aromatic carbocycles. The van der Waals surface area contributed by atoms with Crippen LogP contribution in [0.25, 0.3) is 0 Å². The van der Waals surface area contributed by atoms with Gasteiger partial charge in [0.15, 0.2) is 0 Å². The number of ether oxygens (including phenoxy) is 2. The molecule has 0 aliphatic carbocycles. The predicted octanol–water partition coefficient (Wildman–Crippen LogP) is 2.42. The molecule has 2 aliphatic rings. The fraction of sp³-hybridized carbons (Fsp3) is 0.588. The van der Waals surface area contributed by atoms with Gasteiger partial charge in [0.25, 0.3) is 0 Å². The topological polar surface area (TPSA) is 50.8 Å². The molecule has 1 N–H and O–H groups in total. The maximum absolute atomic E-state index is 12.8. The lowest BCUT2D eigenvalue weighted by Gasteiger charge is -2.38. The van der Waals surface area contributed by atoms with Gasteiger partial charge in [-0.1, -0.05) is 0 Å². The Hall–Kier alpha value is -1.82. The number of urea groups is 1. The first-order valence-electron chi connectivity index (χ1n) is 8.23. The molecule has 1 atom stereocenters. The first-order chi connectivity index (χ1) is 11.2. The smallest absolute Gasteiger partial charge is 0.317 e. The third-order valence-electron chi connectivity index (χ3n) is 4.34. The highest BCUT2D eigenvalue weighted by atomic mass is 19.1. The summed E-state index contributed by atoms with van der Waals surface area (Å²) >= 11 is 0. The summed E-state index contributed by atoms with van der Waals surface area (Å²) in [7, 11) is 0. The van der Waals surface area contributed by atoms with E-state index in [2.05, 4.69) is 5.32 Å². The Bertz CT molecular complexity index is 511. The van der Waals surface area contributed by atoms with Gasteiger partial charge in [-0.3, -0.25) is 0 Å². The standard InChI is InChI=1S/C17H23FN2O3/c18-14-3-5-15(6-4-14)23-16-10-20(11-16)17(21)19-8-7-13-2-1-9-22-12-13/h3-6,13,16H,1-2,7-12H2,(H,19,21). The van der Waals surface area contributed by atoms with Crippen molar-refractivity contribution in [1.29, 1.82) is 0 Å². The maximum atomic E-state index is 12.8. The van der Waals surface area contributed by atoms with Gasteiger partial charge in [-0.15, -0.1) is 0 Å². The summed E-state index contributed by atoms with van der Waals surface area (Å²) in [6.07, 6.45) is 3.26. The summed E-state index contributed by atoms with van der Waals surface area (Å²) in [6, 6.07) is 5.90. The van der Waals surface area contributed by atoms with Gasteiger partial charge in [-0.05, 0) is 49.4 Å². The third kappa shape index (κ3) is 4.58. The van der Waals surface area contributed by atoms with E-state index in [0.29, 0.717) is 31.3 Å². The number of carbonyl (C=O) groups is 1. The molecule has 2 fully saturated rings. The van der Waals surface area contributed by atoms with Crippen molar-refractivity contribution in [2.75, 3.05) is 32.8 Å². The lowest BCUT2D eigenvalue weighted by Crippen LogP contribution is -2.59. The fourth-order valence-electron chi connectivity index (χ4n) is 2.91. The molecule has 0 radical (unpaired) electrons. The van der Waals surface area contributed by atoms with Crippen LogP contribution < -0.4 is 10.1 Å². The number of amides is 2. The summed E-state index contributed by atoms with van der Waals surface area (Å²) < 4.78 is 23.9. The van der Waals surface area contributed by atoms with Gasteiger partial charge in [-0.25, -0.2) is 9.18 Å². The van der Waals surface area contributed by atoms with E-state index in [1.807, 2.05) is 0 Å². The predicted molar refractivity (Wildman–Crippen MR) is 83.9 cm³/mol. The highest BCUT2D eigenvalue weighted by molar-refractivity contribution is 5.75. The first-order valence-corrected chi connectivity index (χ1v) is 8.23. The zero-order chi connectivity index (χ0) is 16.1. The Kier molecular flexibility index (Phi) is 5.33. The SMILES string of the molecule is O=C(NCCC1CCCOC1)N1CC(Oc2ccc(F)cc2)C1. The zero-order valence-corrected chi connectivity index (χ0v) is 13.2. The van der Waals surface area contributed by atoms with Crippen molar-refractivity contribution >= 4 is 6.03 Å². The zero-order valence-electron chi connectivity index (χ0n) is 13.2. The van der Waals surface area contributed by atoms with E-state index < -0.39 is 0 Å². The Morgan fingerprint density at radius 1 is 1.35 bits per heavy atom. The van der Waals surface area contributed by atoms with E-state index >= 15 is 0 Å². The molecule has 0 spiro atoms. The van der Waals surface area contributed by atoms with Crippen molar-refractivity contribution in [3.63, 3.8) is 0 Å². The third-order valence-corrected chi connectivity index (χ3v) is 4.34. The van der Waals surface area contributed by atoms with Crippen LogP contribution in [0.1, 0.15) is 19.3 Å². The Labute approximate surface area is 135 Å². The number of hydrogen-bond donors (Lipinski definition) is 1. The van der Waals surface area contributed by atoms with Crippen LogP contribution in [-0.2, 0) is 4.74 Å². The summed E-state index contributed by atoms with van der Waals surface area (Å²) in [5, 5.41) is 2.95. The van der Waals surface area contributed by atoms with E-state index in [1.54, 1.807) is 17.0 Å². The van der Waals surface area contributed by atoms with E-state index in [4.69, 9.17) is 9.47 Å². The van der Waals surface area contributed by atoms with Gasteiger partial charge in [0.1, 0.15) is 17.7 Å². The molecule has 23 heavy (non-hydrogen) atoms. The molecule has 0 saturated carbocycles. The highest BCUT2D eigenvalue weighted by Gasteiger charge is 2.32. The van der Waals surface area contributed by atoms with Gasteiger partial charge in [-0.2, -0.15) is 0 Å². The van der Waals surface area contributed by atoms with Crippen molar-refractivity contribution in [2.45, 2.75) is 25.4 Å². The molecule has 6 heteroatoms. The summed E-state index contributed by atoms with van der Waals surface area (Å²) in [6.45, 7) is 3.50. The minimum Gasteiger partial charge on any atom is -0.487 e. The molecular weight excluding hydrogens is 299 g/mol. The monoisotopic (exact) mass is 322 g/mol. The van der Waals surface area contributed by atoms with Crippen molar-refractivity contribution < 1.29 is 18.7 Å². The van der Waals surface area contributed by atoms with Crippen LogP contribution in [0.2, 0.25) is 0 Å². The molecule has 2 amide bonds. The Balaban J connectivity index is 1.31. The van der Waals surface area contributed by atoms with E-state index in [1.165, 1.54) is 18.6 Å². The normalized spacial score (nSPS) is 21.6. The summed E-state index contributed by atoms with van der Waals surface area (Å²) in [5.74, 6) is 0.916. The van der Waals surface area contributed by atoms with Crippen molar-refractivity contribution in [2.24, 2.45) is 5.92 Å². The molecular formula is C17H23FN2O3. The van der Waals surface area contributed by atoms with E-state index in [0.717, 1.165) is 26.1 Å². The Morgan fingerprint density at radius 2 is 2.13 bits per heavy atom. The maximum Gasteiger partial charge on any atom is 0.317 e. The van der Waals surface area contributed by atoms with Gasteiger partial charge < -0.3 is 19.7 Å². The minimum atomic E-state index is -0.282. The number of likely N-dealkylation sites (tertiary alicyclic amines) is 1. The van der Waals surface area contributed by atoms with Crippen LogP contribution in [0.4, 0.5) is 9.18 Å². The quantitative estimate of drug-likeness (QED) is 0.906. The molecule has 5 nitrogen and oxygen atoms in total. The van der Waals surface area contributed by atoms with Crippen molar-refractivity contribution in [3.05, 3.63) is 30.1 Å². The second-order valence-electron chi connectivity index (χ2n) is 6.20. The molecule has 1 aromatic rings. The summed E-state index contributed by atoms with van der Waals surface area (Å²) in [4.78, 5) is 13.7. The van der Waals surface area contributed by atoms with Crippen LogP contribution in [-0.4, -0.2) is 49.9 Å².